The summed E-state index contributed by atoms with van der Waals surface area (Å²) in [5, 5.41) is 0.866. The van der Waals surface area contributed by atoms with Crippen LogP contribution in [-0.2, 0) is 6.54 Å². The monoisotopic (exact) mass is 386 g/mol. The number of rotatable bonds is 4. The minimum absolute atomic E-state index is 0.228. The number of carbonyl (C=O) groups is 1. The van der Waals surface area contributed by atoms with Gasteiger partial charge in [0.05, 0.1) is 28.8 Å². The van der Waals surface area contributed by atoms with Crippen molar-refractivity contribution in [3.05, 3.63) is 77.9 Å². The second-order valence-corrected chi connectivity index (χ2v) is 6.72. The van der Waals surface area contributed by atoms with Crippen LogP contribution in [-0.4, -0.2) is 28.3 Å². The number of carbonyl (C=O) groups excluding carboxylic acids is 1. The van der Waals surface area contributed by atoms with Gasteiger partial charge in [-0.2, -0.15) is 0 Å². The van der Waals surface area contributed by atoms with Gasteiger partial charge in [-0.15, -0.1) is 0 Å². The molecule has 2 heterocycles. The third-order valence-corrected chi connectivity index (χ3v) is 4.77. The van der Waals surface area contributed by atoms with Crippen molar-refractivity contribution in [3.8, 4) is 0 Å². The molecular formula is C19H16F2N4OS. The van der Waals surface area contributed by atoms with Crippen molar-refractivity contribution in [2.75, 3.05) is 11.9 Å². The lowest BCUT2D eigenvalue weighted by molar-refractivity contribution is 0.112. The molecule has 0 bridgehead atoms. The van der Waals surface area contributed by atoms with Crippen LogP contribution in [0.5, 0.6) is 0 Å². The number of thiazole rings is 1. The molecule has 0 atom stereocenters. The molecule has 2 aromatic carbocycles. The Morgan fingerprint density at radius 2 is 1.89 bits per heavy atom. The zero-order valence-electron chi connectivity index (χ0n) is 14.4. The molecule has 2 aromatic heterocycles. The standard InChI is InChI=1S/C12H11FN4S.C7H5FO/c1-17(6-9-5-14-7-15-9)12-16-10-3-2-8(13)4-11(10)18-12;8-7-3-1-6(5-9)2-4-7/h2-5,7H,6H2,1H3,(H,14,15);1-5H. The molecule has 0 saturated heterocycles. The van der Waals surface area contributed by atoms with Gasteiger partial charge in [0.1, 0.15) is 17.9 Å². The van der Waals surface area contributed by atoms with Crippen LogP contribution in [0.25, 0.3) is 10.2 Å². The second-order valence-electron chi connectivity index (χ2n) is 5.71. The fraction of sp³-hybridized carbons (Fsp3) is 0.105. The van der Waals surface area contributed by atoms with Crippen molar-refractivity contribution in [2.24, 2.45) is 0 Å². The van der Waals surface area contributed by atoms with Crippen LogP contribution in [0, 0.1) is 11.6 Å². The summed E-state index contributed by atoms with van der Waals surface area (Å²) >= 11 is 1.48. The summed E-state index contributed by atoms with van der Waals surface area (Å²) in [6.45, 7) is 0.697. The number of anilines is 1. The topological polar surface area (TPSA) is 61.9 Å². The Morgan fingerprint density at radius 1 is 1.15 bits per heavy atom. The van der Waals surface area contributed by atoms with E-state index in [0.29, 0.717) is 18.4 Å². The number of benzene rings is 2. The molecule has 0 spiro atoms. The van der Waals surface area contributed by atoms with E-state index in [-0.39, 0.29) is 11.6 Å². The van der Waals surface area contributed by atoms with E-state index in [0.717, 1.165) is 21.0 Å². The summed E-state index contributed by atoms with van der Waals surface area (Å²) in [4.78, 5) is 23.5. The molecule has 27 heavy (non-hydrogen) atoms. The maximum absolute atomic E-state index is 13.1. The highest BCUT2D eigenvalue weighted by Gasteiger charge is 2.10. The molecule has 138 valence electrons. The number of nitrogens with one attached hydrogen (secondary N) is 1. The molecule has 0 fully saturated rings. The first-order chi connectivity index (χ1) is 13.0. The summed E-state index contributed by atoms with van der Waals surface area (Å²) in [6.07, 6.45) is 4.11. The zero-order valence-corrected chi connectivity index (χ0v) is 15.2. The van der Waals surface area contributed by atoms with Crippen molar-refractivity contribution < 1.29 is 13.6 Å². The molecule has 1 N–H and O–H groups in total. The smallest absolute Gasteiger partial charge is 0.186 e. The predicted molar refractivity (Wildman–Crippen MR) is 102 cm³/mol. The average molecular weight is 386 g/mol. The van der Waals surface area contributed by atoms with Gasteiger partial charge >= 0.3 is 0 Å². The Morgan fingerprint density at radius 3 is 2.56 bits per heavy atom. The molecule has 0 aliphatic heterocycles. The third kappa shape index (κ3) is 4.95. The first-order valence-corrected chi connectivity index (χ1v) is 8.82. The first-order valence-electron chi connectivity index (χ1n) is 8.00. The number of aromatic amines is 1. The Bertz CT molecular complexity index is 1020. The third-order valence-electron chi connectivity index (χ3n) is 3.63. The van der Waals surface area contributed by atoms with Crippen molar-refractivity contribution in [3.63, 3.8) is 0 Å². The van der Waals surface area contributed by atoms with Gasteiger partial charge in [0.25, 0.3) is 0 Å². The van der Waals surface area contributed by atoms with Gasteiger partial charge in [-0.1, -0.05) is 11.3 Å². The Hall–Kier alpha value is -3.13. The molecule has 0 radical (unpaired) electrons. The predicted octanol–water partition coefficient (Wildman–Crippen LogP) is 4.43. The van der Waals surface area contributed by atoms with E-state index in [2.05, 4.69) is 15.0 Å². The van der Waals surface area contributed by atoms with Gasteiger partial charge in [0.2, 0.25) is 0 Å². The number of aromatic nitrogens is 3. The normalized spacial score (nSPS) is 10.3. The van der Waals surface area contributed by atoms with Crippen LogP contribution in [0.4, 0.5) is 13.9 Å². The zero-order chi connectivity index (χ0) is 19.2. The lowest BCUT2D eigenvalue weighted by Crippen LogP contribution is -2.16. The molecular weight excluding hydrogens is 370 g/mol. The molecule has 0 aliphatic rings. The molecule has 4 rings (SSSR count). The number of hydrogen-bond acceptors (Lipinski definition) is 5. The summed E-state index contributed by atoms with van der Waals surface area (Å²) in [7, 11) is 1.95. The molecule has 8 heteroatoms. The highest BCUT2D eigenvalue weighted by atomic mass is 32.1. The highest BCUT2D eigenvalue weighted by molar-refractivity contribution is 7.22. The van der Waals surface area contributed by atoms with E-state index in [1.807, 2.05) is 11.9 Å². The lowest BCUT2D eigenvalue weighted by atomic mass is 10.2. The molecule has 0 amide bonds. The highest BCUT2D eigenvalue weighted by Crippen LogP contribution is 2.29. The van der Waals surface area contributed by atoms with Crippen LogP contribution < -0.4 is 4.90 Å². The van der Waals surface area contributed by atoms with Gasteiger partial charge in [0, 0.05) is 18.8 Å². The van der Waals surface area contributed by atoms with Crippen molar-refractivity contribution >= 4 is 33.0 Å². The van der Waals surface area contributed by atoms with Crippen molar-refractivity contribution in [2.45, 2.75) is 6.54 Å². The average Bonchev–Trinajstić information content (AvgIpc) is 3.32. The Labute approximate surface area is 158 Å². The lowest BCUT2D eigenvalue weighted by Gasteiger charge is -2.13. The fourth-order valence-electron chi connectivity index (χ4n) is 2.29. The van der Waals surface area contributed by atoms with Gasteiger partial charge in [-0.05, 0) is 42.5 Å². The van der Waals surface area contributed by atoms with Gasteiger partial charge in [-0.25, -0.2) is 18.7 Å². The summed E-state index contributed by atoms with van der Waals surface area (Å²) in [6, 6.07) is 10.0. The van der Waals surface area contributed by atoms with Crippen LogP contribution in [0.1, 0.15) is 16.1 Å². The van der Waals surface area contributed by atoms with Crippen molar-refractivity contribution in [1.82, 2.24) is 15.0 Å². The number of halogens is 2. The van der Waals surface area contributed by atoms with Gasteiger partial charge < -0.3 is 9.88 Å². The van der Waals surface area contributed by atoms with Crippen LogP contribution in [0.15, 0.2) is 55.0 Å². The minimum atomic E-state index is -0.319. The largest absolute Gasteiger partial charge is 0.347 e. The second kappa shape index (κ2) is 8.50. The van der Waals surface area contributed by atoms with Crippen LogP contribution in [0.3, 0.4) is 0 Å². The van der Waals surface area contributed by atoms with Crippen molar-refractivity contribution in [1.29, 1.82) is 0 Å². The molecule has 0 aliphatic carbocycles. The summed E-state index contributed by atoms with van der Waals surface area (Å²) in [5.41, 5.74) is 2.34. The quantitative estimate of drug-likeness (QED) is 0.527. The van der Waals surface area contributed by atoms with Gasteiger partial charge in [-0.3, -0.25) is 4.79 Å². The number of aldehydes is 1. The van der Waals surface area contributed by atoms with Gasteiger partial charge in [0.15, 0.2) is 5.13 Å². The number of nitrogens with zero attached hydrogens (tertiary/aromatic N) is 3. The van der Waals surface area contributed by atoms with E-state index >= 15 is 0 Å². The first kappa shape index (κ1) is 18.7. The number of hydrogen-bond donors (Lipinski definition) is 1. The summed E-state index contributed by atoms with van der Waals surface area (Å²) < 4.78 is 26.1. The molecule has 4 aromatic rings. The van der Waals surface area contributed by atoms with E-state index < -0.39 is 0 Å². The molecule has 0 saturated carbocycles. The maximum atomic E-state index is 13.1. The SMILES string of the molecule is CN(Cc1cnc[nH]1)c1nc2ccc(F)cc2s1.O=Cc1ccc(F)cc1. The minimum Gasteiger partial charge on any atom is -0.347 e. The number of H-pyrrole nitrogens is 1. The fourth-order valence-corrected chi connectivity index (χ4v) is 3.24. The van der Waals surface area contributed by atoms with E-state index in [1.165, 1.54) is 47.7 Å². The summed E-state index contributed by atoms with van der Waals surface area (Å²) in [5.74, 6) is -0.547. The maximum Gasteiger partial charge on any atom is 0.186 e. The Balaban J connectivity index is 0.000000197. The van der Waals surface area contributed by atoms with Crippen LogP contribution in [0.2, 0.25) is 0 Å². The molecule has 0 unspecified atom stereocenters. The van der Waals surface area contributed by atoms with E-state index in [9.17, 15) is 13.6 Å². The van der Waals surface area contributed by atoms with Crippen LogP contribution >= 0.6 is 11.3 Å². The van der Waals surface area contributed by atoms with E-state index in [4.69, 9.17) is 0 Å². The Kier molecular flexibility index (Phi) is 5.87. The number of fused-ring (bicyclic) bond motifs is 1. The van der Waals surface area contributed by atoms with E-state index in [1.54, 1.807) is 18.6 Å². The number of imidazole rings is 1. The molecule has 5 nitrogen and oxygen atoms in total.